The monoisotopic (exact) mass is 279 g/mol. The van der Waals surface area contributed by atoms with E-state index >= 15 is 0 Å². The zero-order valence-corrected chi connectivity index (χ0v) is 12.1. The number of carbonyl (C=O) groups excluding carboxylic acids is 1. The molecule has 0 unspecified atom stereocenters. The lowest BCUT2D eigenvalue weighted by Gasteiger charge is -2.05. The fourth-order valence-corrected chi connectivity index (χ4v) is 2.85. The largest absolute Gasteiger partial charge is 0.459 e. The van der Waals surface area contributed by atoms with E-state index in [0.717, 1.165) is 23.4 Å². The number of amides is 1. The number of hydrogen-bond acceptors (Lipinski definition) is 5. The van der Waals surface area contributed by atoms with Gasteiger partial charge >= 0.3 is 0 Å². The lowest BCUT2D eigenvalue weighted by Crippen LogP contribution is -2.11. The van der Waals surface area contributed by atoms with Crippen LogP contribution in [-0.4, -0.2) is 16.1 Å². The highest BCUT2D eigenvalue weighted by Gasteiger charge is 2.17. The molecule has 0 radical (unpaired) electrons. The van der Waals surface area contributed by atoms with E-state index in [9.17, 15) is 4.79 Å². The third kappa shape index (κ3) is 3.01. The highest BCUT2D eigenvalue weighted by molar-refractivity contribution is 7.15. The molecule has 6 heteroatoms. The number of nitrogens with one attached hydrogen (secondary N) is 1. The van der Waals surface area contributed by atoms with E-state index in [1.54, 1.807) is 6.07 Å². The molecule has 0 spiro atoms. The van der Waals surface area contributed by atoms with E-state index in [1.165, 1.54) is 17.6 Å². The normalized spacial score (nSPS) is 10.9. The van der Waals surface area contributed by atoms with Gasteiger partial charge in [-0.15, -0.1) is 10.2 Å². The van der Waals surface area contributed by atoms with Crippen molar-refractivity contribution in [3.8, 4) is 0 Å². The number of hydrogen-bond donors (Lipinski definition) is 1. The minimum atomic E-state index is -0.283. The van der Waals surface area contributed by atoms with Gasteiger partial charge in [-0.2, -0.15) is 0 Å². The van der Waals surface area contributed by atoms with Crippen LogP contribution < -0.4 is 5.32 Å². The molecule has 102 valence electrons. The summed E-state index contributed by atoms with van der Waals surface area (Å²) in [4.78, 5) is 11.9. The molecule has 0 aromatic carbocycles. The van der Waals surface area contributed by atoms with Crippen molar-refractivity contribution in [3.63, 3.8) is 0 Å². The predicted molar refractivity (Wildman–Crippen MR) is 74.6 cm³/mol. The molecule has 5 nitrogen and oxygen atoms in total. The molecule has 0 bridgehead atoms. The Balaban J connectivity index is 2.08. The summed E-state index contributed by atoms with van der Waals surface area (Å²) in [6, 6.07) is 1.75. The molecule has 2 heterocycles. The molecule has 0 aliphatic heterocycles. The van der Waals surface area contributed by atoms with E-state index in [4.69, 9.17) is 4.42 Å². The van der Waals surface area contributed by atoms with Gasteiger partial charge in [-0.05, 0) is 25.8 Å². The van der Waals surface area contributed by atoms with Gasteiger partial charge in [0.25, 0.3) is 5.91 Å². The van der Waals surface area contributed by atoms with Crippen LogP contribution in [0.3, 0.4) is 0 Å². The lowest BCUT2D eigenvalue weighted by atomic mass is 10.1. The topological polar surface area (TPSA) is 68.0 Å². The molecule has 1 N–H and O–H groups in total. The number of nitrogens with zero attached hydrogens (tertiary/aromatic N) is 2. The third-order valence-electron chi connectivity index (χ3n) is 3.06. The summed E-state index contributed by atoms with van der Waals surface area (Å²) in [5, 5.41) is 12.4. The Kier molecular flexibility index (Phi) is 4.31. The van der Waals surface area contributed by atoms with E-state index in [2.05, 4.69) is 29.4 Å². The molecule has 0 atom stereocenters. The molecule has 1 amide bonds. The van der Waals surface area contributed by atoms with E-state index in [-0.39, 0.29) is 5.91 Å². The summed E-state index contributed by atoms with van der Waals surface area (Å²) in [6.07, 6.45) is 3.55. The Morgan fingerprint density at radius 1 is 1.42 bits per heavy atom. The molecule has 2 aromatic heterocycles. The number of aromatic nitrogens is 2. The second-order valence-corrected chi connectivity index (χ2v) is 5.35. The average molecular weight is 279 g/mol. The molecule has 2 rings (SSSR count). The van der Waals surface area contributed by atoms with Crippen LogP contribution >= 0.6 is 11.3 Å². The first-order valence-corrected chi connectivity index (χ1v) is 7.16. The van der Waals surface area contributed by atoms with Crippen molar-refractivity contribution in [3.05, 3.63) is 28.7 Å². The average Bonchev–Trinajstić information content (AvgIpc) is 3.00. The van der Waals surface area contributed by atoms with E-state index < -0.39 is 0 Å². The molecule has 19 heavy (non-hydrogen) atoms. The van der Waals surface area contributed by atoms with Gasteiger partial charge in [-0.3, -0.25) is 10.1 Å². The molecule has 0 fully saturated rings. The van der Waals surface area contributed by atoms with Crippen LogP contribution in [-0.2, 0) is 0 Å². The van der Waals surface area contributed by atoms with Gasteiger partial charge in [0.15, 0.2) is 5.76 Å². The molecule has 0 saturated carbocycles. The smallest absolute Gasteiger partial charge is 0.293 e. The Morgan fingerprint density at radius 3 is 2.74 bits per heavy atom. The molecular weight excluding hydrogens is 262 g/mol. The first-order chi connectivity index (χ1) is 9.15. The fourth-order valence-electron chi connectivity index (χ4n) is 1.85. The molecular formula is C13H17N3O2S. The van der Waals surface area contributed by atoms with Crippen LogP contribution in [0, 0.1) is 6.92 Å². The maximum absolute atomic E-state index is 11.9. The van der Waals surface area contributed by atoms with Crippen molar-refractivity contribution in [1.82, 2.24) is 10.2 Å². The first-order valence-electron chi connectivity index (χ1n) is 6.34. The first kappa shape index (κ1) is 13.7. The van der Waals surface area contributed by atoms with Gasteiger partial charge in [0.1, 0.15) is 5.01 Å². The van der Waals surface area contributed by atoms with Crippen LogP contribution in [0.2, 0.25) is 0 Å². The minimum Gasteiger partial charge on any atom is -0.459 e. The van der Waals surface area contributed by atoms with Crippen molar-refractivity contribution >= 4 is 22.4 Å². The van der Waals surface area contributed by atoms with Crippen molar-refractivity contribution < 1.29 is 9.21 Å². The Morgan fingerprint density at radius 2 is 2.16 bits per heavy atom. The summed E-state index contributed by atoms with van der Waals surface area (Å²) < 4.78 is 5.14. The van der Waals surface area contributed by atoms with Gasteiger partial charge in [0.05, 0.1) is 6.26 Å². The number of rotatable bonds is 5. The van der Waals surface area contributed by atoms with Gasteiger partial charge in [-0.1, -0.05) is 25.2 Å². The summed E-state index contributed by atoms with van der Waals surface area (Å²) in [7, 11) is 0. The van der Waals surface area contributed by atoms with Crippen LogP contribution in [0.25, 0.3) is 0 Å². The Bertz CT molecular complexity index is 558. The van der Waals surface area contributed by atoms with Gasteiger partial charge in [0, 0.05) is 11.5 Å². The summed E-state index contributed by atoms with van der Waals surface area (Å²) in [5.74, 6) is 0.447. The Labute approximate surface area is 116 Å². The van der Waals surface area contributed by atoms with Gasteiger partial charge in [0.2, 0.25) is 5.13 Å². The quantitative estimate of drug-likeness (QED) is 0.908. The van der Waals surface area contributed by atoms with E-state index in [0.29, 0.717) is 16.8 Å². The number of carbonyl (C=O) groups is 1. The van der Waals surface area contributed by atoms with Crippen LogP contribution in [0.1, 0.15) is 53.7 Å². The Hall–Kier alpha value is -1.69. The summed E-state index contributed by atoms with van der Waals surface area (Å²) >= 11 is 1.43. The van der Waals surface area contributed by atoms with Crippen molar-refractivity contribution in [1.29, 1.82) is 0 Å². The number of aryl methyl sites for hydroxylation is 1. The van der Waals surface area contributed by atoms with Crippen molar-refractivity contribution in [2.45, 2.75) is 39.5 Å². The molecule has 0 aliphatic rings. The van der Waals surface area contributed by atoms with Gasteiger partial charge < -0.3 is 4.42 Å². The number of furan rings is 1. The highest BCUT2D eigenvalue weighted by atomic mass is 32.1. The van der Waals surface area contributed by atoms with Crippen LogP contribution in [0.4, 0.5) is 5.13 Å². The van der Waals surface area contributed by atoms with Crippen molar-refractivity contribution in [2.24, 2.45) is 0 Å². The van der Waals surface area contributed by atoms with Crippen molar-refractivity contribution in [2.75, 3.05) is 5.32 Å². The van der Waals surface area contributed by atoms with E-state index in [1.807, 2.05) is 6.92 Å². The third-order valence-corrected chi connectivity index (χ3v) is 4.07. The summed E-state index contributed by atoms with van der Waals surface area (Å²) in [6.45, 7) is 6.08. The van der Waals surface area contributed by atoms with Crippen LogP contribution in [0.15, 0.2) is 16.7 Å². The molecule has 0 saturated heterocycles. The standard InChI is InChI=1S/C13H17N3O2S/c1-4-9(5-2)12-15-16-13(19-12)14-11(17)10-8(3)6-7-18-10/h6-7,9H,4-5H2,1-3H3,(H,14,16,17). The molecule has 2 aromatic rings. The lowest BCUT2D eigenvalue weighted by molar-refractivity contribution is 0.0996. The SMILES string of the molecule is CCC(CC)c1nnc(NC(=O)c2occc2C)s1. The maximum atomic E-state index is 11.9. The second-order valence-electron chi connectivity index (χ2n) is 4.35. The minimum absolute atomic E-state index is 0.283. The number of anilines is 1. The van der Waals surface area contributed by atoms with Crippen LogP contribution in [0.5, 0.6) is 0 Å². The maximum Gasteiger partial charge on any atom is 0.293 e. The zero-order valence-electron chi connectivity index (χ0n) is 11.3. The van der Waals surface area contributed by atoms with Gasteiger partial charge in [-0.25, -0.2) is 0 Å². The zero-order chi connectivity index (χ0) is 13.8. The predicted octanol–water partition coefficient (Wildman–Crippen LogP) is 3.60. The summed E-state index contributed by atoms with van der Waals surface area (Å²) in [5.41, 5.74) is 0.808. The fraction of sp³-hybridized carbons (Fsp3) is 0.462. The second kappa shape index (κ2) is 5.97. The highest BCUT2D eigenvalue weighted by Crippen LogP contribution is 2.28. The molecule has 0 aliphatic carbocycles.